The molecule has 0 atom stereocenters. The molecule has 84 valence electrons. The second-order valence-corrected chi connectivity index (χ2v) is 3.75. The number of methoxy groups -OCH3 is 1. The first kappa shape index (κ1) is 11.0. The highest BCUT2D eigenvalue weighted by Gasteiger charge is 2.09. The molecule has 0 fully saturated rings. The molecular weight excluding hydrogens is 226 g/mol. The summed E-state index contributed by atoms with van der Waals surface area (Å²) < 4.78 is 7.11. The van der Waals surface area contributed by atoms with Gasteiger partial charge in [-0.15, -0.1) is 10.2 Å². The molecule has 0 saturated carbocycles. The third-order valence-corrected chi connectivity index (χ3v) is 2.69. The zero-order chi connectivity index (χ0) is 11.5. The summed E-state index contributed by atoms with van der Waals surface area (Å²) in [6, 6.07) is 7.81. The van der Waals surface area contributed by atoms with Gasteiger partial charge in [-0.2, -0.15) is 0 Å². The van der Waals surface area contributed by atoms with E-state index < -0.39 is 0 Å². The quantitative estimate of drug-likeness (QED) is 0.823. The summed E-state index contributed by atoms with van der Waals surface area (Å²) in [6.45, 7) is 2.48. The third-order valence-electron chi connectivity index (χ3n) is 2.41. The van der Waals surface area contributed by atoms with Crippen LogP contribution in [-0.2, 0) is 6.54 Å². The maximum absolute atomic E-state index is 5.94. The van der Waals surface area contributed by atoms with Crippen LogP contribution in [0.1, 0.15) is 11.4 Å². The van der Waals surface area contributed by atoms with Gasteiger partial charge in [-0.05, 0) is 24.6 Å². The number of halogens is 1. The van der Waals surface area contributed by atoms with Gasteiger partial charge in [0.05, 0.1) is 13.7 Å². The molecule has 0 aliphatic carbocycles. The molecule has 2 aromatic rings. The molecule has 0 bridgehead atoms. The first-order valence-corrected chi connectivity index (χ1v) is 5.27. The largest absolute Gasteiger partial charge is 0.496 e. The van der Waals surface area contributed by atoms with E-state index in [1.54, 1.807) is 7.11 Å². The summed E-state index contributed by atoms with van der Waals surface area (Å²) in [7, 11) is 1.65. The zero-order valence-electron chi connectivity index (χ0n) is 9.14. The summed E-state index contributed by atoms with van der Waals surface area (Å²) in [5.74, 6) is 1.63. The van der Waals surface area contributed by atoms with Gasteiger partial charge in [0.1, 0.15) is 11.6 Å². The van der Waals surface area contributed by atoms with Crippen LogP contribution in [0, 0.1) is 6.92 Å². The van der Waals surface area contributed by atoms with E-state index >= 15 is 0 Å². The summed E-state index contributed by atoms with van der Waals surface area (Å²) >= 11 is 5.94. The second kappa shape index (κ2) is 4.53. The lowest BCUT2D eigenvalue weighted by Crippen LogP contribution is -2.03. The normalized spacial score (nSPS) is 10.4. The van der Waals surface area contributed by atoms with Gasteiger partial charge in [-0.3, -0.25) is 4.57 Å². The van der Waals surface area contributed by atoms with Crippen molar-refractivity contribution in [2.45, 2.75) is 13.5 Å². The fourth-order valence-electron chi connectivity index (χ4n) is 1.54. The van der Waals surface area contributed by atoms with E-state index in [9.17, 15) is 0 Å². The maximum atomic E-state index is 5.94. The number of hydrogen-bond acceptors (Lipinski definition) is 3. The van der Waals surface area contributed by atoms with Gasteiger partial charge in [0, 0.05) is 5.56 Å². The summed E-state index contributed by atoms with van der Waals surface area (Å²) in [6.07, 6.45) is 0. The van der Waals surface area contributed by atoms with E-state index in [1.165, 1.54) is 0 Å². The van der Waals surface area contributed by atoms with Gasteiger partial charge < -0.3 is 4.74 Å². The molecule has 0 saturated heterocycles. The van der Waals surface area contributed by atoms with Crippen molar-refractivity contribution in [3.8, 4) is 5.75 Å². The van der Waals surface area contributed by atoms with Crippen LogP contribution in [0.4, 0.5) is 0 Å². The molecule has 0 radical (unpaired) electrons. The molecular formula is C11H12ClN3O. The number of hydrogen-bond donors (Lipinski definition) is 0. The Kier molecular flexibility index (Phi) is 3.10. The Morgan fingerprint density at radius 2 is 2.06 bits per heavy atom. The third kappa shape index (κ3) is 2.02. The van der Waals surface area contributed by atoms with Crippen molar-refractivity contribution in [2.24, 2.45) is 0 Å². The smallest absolute Gasteiger partial charge is 0.225 e. The predicted molar refractivity (Wildman–Crippen MR) is 61.9 cm³/mol. The van der Waals surface area contributed by atoms with Crippen LogP contribution in [0.3, 0.4) is 0 Å². The molecule has 16 heavy (non-hydrogen) atoms. The minimum atomic E-state index is 0.392. The Bertz CT molecular complexity index is 476. The van der Waals surface area contributed by atoms with Crippen LogP contribution in [0.5, 0.6) is 5.75 Å². The minimum absolute atomic E-state index is 0.392. The summed E-state index contributed by atoms with van der Waals surface area (Å²) in [5, 5.41) is 8.11. The monoisotopic (exact) mass is 237 g/mol. The molecule has 0 spiro atoms. The van der Waals surface area contributed by atoms with Crippen molar-refractivity contribution in [1.29, 1.82) is 0 Å². The van der Waals surface area contributed by atoms with Crippen molar-refractivity contribution in [3.05, 3.63) is 40.9 Å². The Hall–Kier alpha value is -1.55. The molecule has 5 heteroatoms. The molecule has 0 amide bonds. The van der Waals surface area contributed by atoms with Crippen LogP contribution >= 0.6 is 11.6 Å². The van der Waals surface area contributed by atoms with Gasteiger partial charge in [0.25, 0.3) is 0 Å². The lowest BCUT2D eigenvalue weighted by molar-refractivity contribution is 0.408. The van der Waals surface area contributed by atoms with Gasteiger partial charge in [0.2, 0.25) is 5.28 Å². The van der Waals surface area contributed by atoms with E-state index in [2.05, 4.69) is 10.2 Å². The number of nitrogens with zero attached hydrogens (tertiary/aromatic N) is 3. The molecule has 4 nitrogen and oxygen atoms in total. The highest BCUT2D eigenvalue weighted by Crippen LogP contribution is 2.20. The molecule has 1 aromatic carbocycles. The Morgan fingerprint density at radius 1 is 1.31 bits per heavy atom. The summed E-state index contributed by atoms with van der Waals surface area (Å²) in [5.41, 5.74) is 1.05. The van der Waals surface area contributed by atoms with Crippen molar-refractivity contribution >= 4 is 11.6 Å². The molecule has 2 rings (SSSR count). The van der Waals surface area contributed by atoms with E-state index in [-0.39, 0.29) is 0 Å². The molecule has 0 unspecified atom stereocenters. The van der Waals surface area contributed by atoms with Crippen LogP contribution in [0.15, 0.2) is 24.3 Å². The first-order valence-electron chi connectivity index (χ1n) is 4.89. The standard InChI is InChI=1S/C11H12ClN3O/c1-8-13-14-11(12)15(8)7-9-5-3-4-6-10(9)16-2/h3-6H,7H2,1-2H3. The minimum Gasteiger partial charge on any atom is -0.496 e. The molecule has 0 N–H and O–H groups in total. The Morgan fingerprint density at radius 3 is 2.69 bits per heavy atom. The average molecular weight is 238 g/mol. The molecule has 1 aromatic heterocycles. The zero-order valence-corrected chi connectivity index (χ0v) is 9.90. The van der Waals surface area contributed by atoms with E-state index in [0.29, 0.717) is 11.8 Å². The Balaban J connectivity index is 2.34. The highest BCUT2D eigenvalue weighted by atomic mass is 35.5. The van der Waals surface area contributed by atoms with Crippen LogP contribution in [0.2, 0.25) is 5.28 Å². The summed E-state index contributed by atoms with van der Waals surface area (Å²) in [4.78, 5) is 0. The number of aromatic nitrogens is 3. The van der Waals surface area contributed by atoms with Gasteiger partial charge >= 0.3 is 0 Å². The highest BCUT2D eigenvalue weighted by molar-refractivity contribution is 6.28. The van der Waals surface area contributed by atoms with Gasteiger partial charge in [-0.25, -0.2) is 0 Å². The fourth-order valence-corrected chi connectivity index (χ4v) is 1.76. The van der Waals surface area contributed by atoms with Crippen LogP contribution in [0.25, 0.3) is 0 Å². The number of para-hydroxylation sites is 1. The lowest BCUT2D eigenvalue weighted by Gasteiger charge is -2.09. The number of ether oxygens (including phenoxy) is 1. The number of aryl methyl sites for hydroxylation is 1. The van der Waals surface area contributed by atoms with Crippen molar-refractivity contribution in [1.82, 2.24) is 14.8 Å². The first-order chi connectivity index (χ1) is 7.72. The average Bonchev–Trinajstić information content (AvgIpc) is 2.61. The van der Waals surface area contributed by atoms with Crippen molar-refractivity contribution < 1.29 is 4.74 Å². The molecule has 0 aliphatic rings. The van der Waals surface area contributed by atoms with E-state index in [1.807, 2.05) is 35.8 Å². The maximum Gasteiger partial charge on any atom is 0.225 e. The Labute approximate surface area is 98.8 Å². The number of rotatable bonds is 3. The van der Waals surface area contributed by atoms with Gasteiger partial charge in [0.15, 0.2) is 0 Å². The van der Waals surface area contributed by atoms with Crippen molar-refractivity contribution in [3.63, 3.8) is 0 Å². The molecule has 1 heterocycles. The molecule has 0 aliphatic heterocycles. The fraction of sp³-hybridized carbons (Fsp3) is 0.273. The van der Waals surface area contributed by atoms with Gasteiger partial charge in [-0.1, -0.05) is 18.2 Å². The topological polar surface area (TPSA) is 39.9 Å². The van der Waals surface area contributed by atoms with Crippen LogP contribution < -0.4 is 4.74 Å². The second-order valence-electron chi connectivity index (χ2n) is 3.41. The number of benzene rings is 1. The lowest BCUT2D eigenvalue weighted by atomic mass is 10.2. The van der Waals surface area contributed by atoms with E-state index in [4.69, 9.17) is 16.3 Å². The van der Waals surface area contributed by atoms with Crippen LogP contribution in [-0.4, -0.2) is 21.9 Å². The van der Waals surface area contributed by atoms with E-state index in [0.717, 1.165) is 17.1 Å². The predicted octanol–water partition coefficient (Wildman–Crippen LogP) is 2.30. The SMILES string of the molecule is COc1ccccc1Cn1c(C)nnc1Cl. The van der Waals surface area contributed by atoms with Crippen molar-refractivity contribution in [2.75, 3.05) is 7.11 Å².